The van der Waals surface area contributed by atoms with E-state index >= 15 is 0 Å². The minimum Gasteiger partial charge on any atom is -0.493 e. The molecule has 2 nitrogen and oxygen atoms in total. The molecule has 2 heteroatoms. The van der Waals surface area contributed by atoms with E-state index in [4.69, 9.17) is 4.74 Å². The highest BCUT2D eigenvalue weighted by Gasteiger charge is 2.17. The molecule has 19 heavy (non-hydrogen) atoms. The maximum atomic E-state index is 5.91. The van der Waals surface area contributed by atoms with Gasteiger partial charge in [0.05, 0.1) is 6.61 Å². The highest BCUT2D eigenvalue weighted by atomic mass is 16.5. The molecule has 1 N–H and O–H groups in total. The zero-order valence-corrected chi connectivity index (χ0v) is 12.0. The summed E-state index contributed by atoms with van der Waals surface area (Å²) in [5, 5.41) is 3.45. The Bertz CT molecular complexity index is 435. The van der Waals surface area contributed by atoms with Crippen LogP contribution in [0.15, 0.2) is 12.1 Å². The van der Waals surface area contributed by atoms with Crippen molar-refractivity contribution in [3.05, 3.63) is 28.8 Å². The van der Waals surface area contributed by atoms with Gasteiger partial charge in [-0.15, -0.1) is 0 Å². The zero-order valence-electron chi connectivity index (χ0n) is 12.0. The van der Waals surface area contributed by atoms with Crippen LogP contribution in [0.25, 0.3) is 0 Å². The maximum Gasteiger partial charge on any atom is 0.125 e. The van der Waals surface area contributed by atoms with E-state index in [0.29, 0.717) is 0 Å². The molecule has 2 heterocycles. The van der Waals surface area contributed by atoms with E-state index < -0.39 is 0 Å². The number of piperidine rings is 1. The third-order valence-electron chi connectivity index (χ3n) is 4.48. The van der Waals surface area contributed by atoms with Crippen LogP contribution < -0.4 is 10.1 Å². The van der Waals surface area contributed by atoms with Gasteiger partial charge in [0.25, 0.3) is 0 Å². The van der Waals surface area contributed by atoms with Crippen molar-refractivity contribution in [2.24, 2.45) is 5.92 Å². The van der Waals surface area contributed by atoms with Crippen molar-refractivity contribution >= 4 is 0 Å². The van der Waals surface area contributed by atoms with E-state index in [1.165, 1.54) is 74.1 Å². The molecule has 0 amide bonds. The number of hydrogen-bond donors (Lipinski definition) is 1. The number of benzene rings is 1. The highest BCUT2D eigenvalue weighted by Crippen LogP contribution is 2.31. The number of nitrogens with one attached hydrogen (secondary N) is 1. The van der Waals surface area contributed by atoms with Crippen LogP contribution in [-0.4, -0.2) is 19.7 Å². The fraction of sp³-hybridized carbons (Fsp3) is 0.647. The summed E-state index contributed by atoms with van der Waals surface area (Å²) in [5.41, 5.74) is 4.30. The fourth-order valence-corrected chi connectivity index (χ4v) is 3.45. The summed E-state index contributed by atoms with van der Waals surface area (Å²) in [6.07, 6.45) is 7.55. The average Bonchev–Trinajstić information content (AvgIpc) is 2.65. The molecule has 3 rings (SSSR count). The molecular weight excluding hydrogens is 234 g/mol. The van der Waals surface area contributed by atoms with Gasteiger partial charge < -0.3 is 10.1 Å². The second-order valence-corrected chi connectivity index (χ2v) is 6.10. The lowest BCUT2D eigenvalue weighted by molar-refractivity contribution is 0.314. The van der Waals surface area contributed by atoms with Crippen LogP contribution in [-0.2, 0) is 12.8 Å². The molecule has 1 aromatic carbocycles. The Morgan fingerprint density at radius 3 is 2.89 bits per heavy atom. The van der Waals surface area contributed by atoms with Gasteiger partial charge in [-0.3, -0.25) is 0 Å². The topological polar surface area (TPSA) is 21.3 Å². The molecule has 0 saturated carbocycles. The first-order chi connectivity index (χ1) is 9.33. The summed E-state index contributed by atoms with van der Waals surface area (Å²) >= 11 is 0. The van der Waals surface area contributed by atoms with Crippen molar-refractivity contribution in [1.29, 1.82) is 0 Å². The Morgan fingerprint density at radius 2 is 2.05 bits per heavy atom. The van der Waals surface area contributed by atoms with Gasteiger partial charge in [0, 0.05) is 0 Å². The maximum absolute atomic E-state index is 5.91. The van der Waals surface area contributed by atoms with Crippen LogP contribution in [0.2, 0.25) is 0 Å². The Labute approximate surface area is 116 Å². The lowest BCUT2D eigenvalue weighted by atomic mass is 9.89. The van der Waals surface area contributed by atoms with Crippen LogP contribution >= 0.6 is 0 Å². The van der Waals surface area contributed by atoms with Crippen molar-refractivity contribution in [3.63, 3.8) is 0 Å². The number of ether oxygens (including phenoxy) is 1. The monoisotopic (exact) mass is 259 g/mol. The number of hydrogen-bond acceptors (Lipinski definition) is 2. The first kappa shape index (κ1) is 13.0. The summed E-state index contributed by atoms with van der Waals surface area (Å²) in [6.45, 7) is 5.48. The largest absolute Gasteiger partial charge is 0.493 e. The van der Waals surface area contributed by atoms with E-state index in [1.54, 1.807) is 0 Å². The van der Waals surface area contributed by atoms with Crippen LogP contribution in [0.5, 0.6) is 5.75 Å². The van der Waals surface area contributed by atoms with Crippen LogP contribution in [0, 0.1) is 12.8 Å². The lowest BCUT2D eigenvalue weighted by Crippen LogP contribution is -2.28. The summed E-state index contributed by atoms with van der Waals surface area (Å²) < 4.78 is 5.91. The van der Waals surface area contributed by atoms with Crippen LogP contribution in [0.3, 0.4) is 0 Å². The predicted octanol–water partition coefficient (Wildman–Crippen LogP) is 3.25. The normalized spacial score (nSPS) is 20.5. The van der Waals surface area contributed by atoms with Gasteiger partial charge in [-0.05, 0) is 81.1 Å². The highest BCUT2D eigenvalue weighted by molar-refractivity contribution is 5.44. The van der Waals surface area contributed by atoms with Crippen molar-refractivity contribution in [3.8, 4) is 5.75 Å². The molecule has 0 bridgehead atoms. The molecule has 0 radical (unpaired) electrons. The quantitative estimate of drug-likeness (QED) is 0.880. The first-order valence-electron chi connectivity index (χ1n) is 7.79. The number of fused-ring (bicyclic) bond motifs is 1. The van der Waals surface area contributed by atoms with E-state index in [0.717, 1.165) is 12.5 Å². The molecule has 2 aliphatic rings. The minimum atomic E-state index is 0.866. The van der Waals surface area contributed by atoms with Gasteiger partial charge in [-0.2, -0.15) is 0 Å². The second kappa shape index (κ2) is 5.96. The molecule has 0 unspecified atom stereocenters. The molecule has 104 valence electrons. The molecule has 0 spiro atoms. The fourth-order valence-electron chi connectivity index (χ4n) is 3.45. The molecule has 1 saturated heterocycles. The van der Waals surface area contributed by atoms with Crippen LogP contribution in [0.4, 0.5) is 0 Å². The summed E-state index contributed by atoms with van der Waals surface area (Å²) in [4.78, 5) is 0. The van der Waals surface area contributed by atoms with Crippen molar-refractivity contribution in [1.82, 2.24) is 5.32 Å². The first-order valence-corrected chi connectivity index (χ1v) is 7.79. The molecule has 1 fully saturated rings. The average molecular weight is 259 g/mol. The molecule has 0 aromatic heterocycles. The van der Waals surface area contributed by atoms with Gasteiger partial charge in [0.15, 0.2) is 0 Å². The Balaban J connectivity index is 1.78. The SMILES string of the molecule is Cc1cc(CC2CCNCC2)cc2c1OCCCC2. The summed E-state index contributed by atoms with van der Waals surface area (Å²) in [7, 11) is 0. The van der Waals surface area contributed by atoms with Gasteiger partial charge in [-0.1, -0.05) is 12.1 Å². The Morgan fingerprint density at radius 1 is 1.21 bits per heavy atom. The molecule has 0 aliphatic carbocycles. The smallest absolute Gasteiger partial charge is 0.125 e. The van der Waals surface area contributed by atoms with Crippen LogP contribution in [0.1, 0.15) is 42.4 Å². The third kappa shape index (κ3) is 3.11. The van der Waals surface area contributed by atoms with Gasteiger partial charge in [0.2, 0.25) is 0 Å². The third-order valence-corrected chi connectivity index (χ3v) is 4.48. The van der Waals surface area contributed by atoms with E-state index in [-0.39, 0.29) is 0 Å². The van der Waals surface area contributed by atoms with Gasteiger partial charge >= 0.3 is 0 Å². The molecule has 1 aromatic rings. The van der Waals surface area contributed by atoms with Crippen molar-refractivity contribution < 1.29 is 4.74 Å². The summed E-state index contributed by atoms with van der Waals surface area (Å²) in [6, 6.07) is 4.77. The number of aryl methyl sites for hydroxylation is 2. The standard InChI is InChI=1S/C17H25NO/c1-13-10-15(11-14-5-7-18-8-6-14)12-16-4-2-3-9-19-17(13)16/h10,12,14,18H,2-9,11H2,1H3. The molecule has 2 aliphatic heterocycles. The lowest BCUT2D eigenvalue weighted by Gasteiger charge is -2.23. The van der Waals surface area contributed by atoms with Crippen molar-refractivity contribution in [2.75, 3.05) is 19.7 Å². The number of rotatable bonds is 2. The van der Waals surface area contributed by atoms with E-state index in [1.807, 2.05) is 0 Å². The Kier molecular flexibility index (Phi) is 4.07. The predicted molar refractivity (Wildman–Crippen MR) is 78.9 cm³/mol. The minimum absolute atomic E-state index is 0.866. The second-order valence-electron chi connectivity index (χ2n) is 6.10. The Hall–Kier alpha value is -1.02. The summed E-state index contributed by atoms with van der Waals surface area (Å²) in [5.74, 6) is 2.04. The van der Waals surface area contributed by atoms with Gasteiger partial charge in [0.1, 0.15) is 5.75 Å². The van der Waals surface area contributed by atoms with E-state index in [9.17, 15) is 0 Å². The van der Waals surface area contributed by atoms with Crippen molar-refractivity contribution in [2.45, 2.75) is 45.4 Å². The molecular formula is C17H25NO. The van der Waals surface area contributed by atoms with Gasteiger partial charge in [-0.25, -0.2) is 0 Å². The zero-order chi connectivity index (χ0) is 13.1. The molecule has 0 atom stereocenters. The van der Waals surface area contributed by atoms with E-state index in [2.05, 4.69) is 24.4 Å².